The van der Waals surface area contributed by atoms with E-state index in [1.54, 1.807) is 24.6 Å². The van der Waals surface area contributed by atoms with Gasteiger partial charge < -0.3 is 24.7 Å². The van der Waals surface area contributed by atoms with Crippen molar-refractivity contribution in [3.8, 4) is 11.5 Å². The highest BCUT2D eigenvalue weighted by Gasteiger charge is 2.61. The first-order valence-electron chi connectivity index (χ1n) is 12.0. The van der Waals surface area contributed by atoms with E-state index in [-0.39, 0.29) is 43.0 Å². The van der Waals surface area contributed by atoms with Gasteiger partial charge in [0.25, 0.3) is 0 Å². The number of amides is 1. The summed E-state index contributed by atoms with van der Waals surface area (Å²) in [6.07, 6.45) is -2.68. The van der Waals surface area contributed by atoms with Crippen LogP contribution in [0.2, 0.25) is 0 Å². The van der Waals surface area contributed by atoms with Crippen LogP contribution in [0.1, 0.15) is 30.6 Å². The number of aryl methyl sites for hydroxylation is 2. The minimum atomic E-state index is -5.81. The van der Waals surface area contributed by atoms with Crippen LogP contribution in [0.25, 0.3) is 11.2 Å². The van der Waals surface area contributed by atoms with Crippen molar-refractivity contribution in [2.45, 2.75) is 38.4 Å². The van der Waals surface area contributed by atoms with E-state index in [9.17, 15) is 26.7 Å². The fourth-order valence-electron chi connectivity index (χ4n) is 4.33. The van der Waals surface area contributed by atoms with Crippen molar-refractivity contribution in [1.29, 1.82) is 0 Å². The van der Waals surface area contributed by atoms with Gasteiger partial charge in [-0.15, -0.1) is 0 Å². The first-order valence-corrected chi connectivity index (χ1v) is 12.0. The molecule has 11 nitrogen and oxygen atoms in total. The Morgan fingerprint density at radius 2 is 1.95 bits per heavy atom. The van der Waals surface area contributed by atoms with Gasteiger partial charge in [-0.3, -0.25) is 9.48 Å². The third kappa shape index (κ3) is 5.01. The highest BCUT2D eigenvalue weighted by Crippen LogP contribution is 2.46. The molecule has 1 fully saturated rings. The molecule has 16 heteroatoms. The van der Waals surface area contributed by atoms with E-state index in [2.05, 4.69) is 30.7 Å². The molecular weight excluding hydrogens is 543 g/mol. The number of rotatable bonds is 7. The van der Waals surface area contributed by atoms with Crippen LogP contribution in [-0.4, -0.2) is 54.6 Å². The van der Waals surface area contributed by atoms with E-state index in [0.717, 1.165) is 0 Å². The number of hydrogen-bond acceptors (Lipinski definition) is 8. The maximum Gasteiger partial charge on any atom is 0.459 e. The summed E-state index contributed by atoms with van der Waals surface area (Å²) in [6, 6.07) is 3.00. The van der Waals surface area contributed by atoms with Crippen molar-refractivity contribution in [3.63, 3.8) is 0 Å². The third-order valence-corrected chi connectivity index (χ3v) is 6.27. The zero-order valence-corrected chi connectivity index (χ0v) is 21.4. The molecule has 5 rings (SSSR count). The van der Waals surface area contributed by atoms with Crippen molar-refractivity contribution in [1.82, 2.24) is 29.3 Å². The average Bonchev–Trinajstić information content (AvgIpc) is 3.60. The second kappa shape index (κ2) is 10.0. The van der Waals surface area contributed by atoms with Crippen LogP contribution < -0.4 is 15.4 Å². The number of aromatic nitrogens is 6. The Labute approximate surface area is 223 Å². The summed E-state index contributed by atoms with van der Waals surface area (Å²) in [4.78, 5) is 24.0. The van der Waals surface area contributed by atoms with Crippen LogP contribution in [0.5, 0.6) is 11.5 Å². The largest absolute Gasteiger partial charge is 0.459 e. The molecular formula is C24H23F5N8O3. The van der Waals surface area contributed by atoms with Gasteiger partial charge in [0.05, 0.1) is 24.4 Å². The first kappa shape index (κ1) is 27.2. The van der Waals surface area contributed by atoms with Crippen LogP contribution >= 0.6 is 0 Å². The molecule has 212 valence electrons. The van der Waals surface area contributed by atoms with Crippen LogP contribution in [0.15, 0.2) is 30.6 Å². The monoisotopic (exact) mass is 566 g/mol. The normalized spacial score (nSPS) is 15.9. The fraction of sp³-hybridized carbons (Fsp3) is 0.375. The number of halogens is 5. The van der Waals surface area contributed by atoms with Crippen molar-refractivity contribution >= 4 is 34.7 Å². The molecule has 1 aliphatic heterocycles. The Morgan fingerprint density at radius 1 is 1.18 bits per heavy atom. The number of carbonyl (C=O) groups excluding carboxylic acids is 1. The van der Waals surface area contributed by atoms with Gasteiger partial charge in [0.2, 0.25) is 11.9 Å². The topological polar surface area (TPSA) is 121 Å². The number of ether oxygens (including phenoxy) is 2. The molecule has 0 aliphatic carbocycles. The molecule has 0 unspecified atom stereocenters. The number of anilines is 3. The summed E-state index contributed by atoms with van der Waals surface area (Å²) in [5.74, 6) is -4.54. The van der Waals surface area contributed by atoms with Gasteiger partial charge in [-0.2, -0.15) is 32.0 Å². The van der Waals surface area contributed by atoms with Gasteiger partial charge in [0, 0.05) is 44.5 Å². The van der Waals surface area contributed by atoms with Crippen LogP contribution in [-0.2, 0) is 22.5 Å². The molecule has 1 saturated heterocycles. The van der Waals surface area contributed by atoms with Crippen molar-refractivity contribution < 1.29 is 36.2 Å². The van der Waals surface area contributed by atoms with E-state index < -0.39 is 23.8 Å². The molecule has 0 aromatic carbocycles. The lowest BCUT2D eigenvalue weighted by molar-refractivity contribution is -0.292. The van der Waals surface area contributed by atoms with E-state index in [4.69, 9.17) is 9.47 Å². The van der Waals surface area contributed by atoms with Crippen molar-refractivity contribution in [3.05, 3.63) is 41.9 Å². The van der Waals surface area contributed by atoms with Crippen molar-refractivity contribution in [2.24, 2.45) is 7.05 Å². The Bertz CT molecular complexity index is 1580. The summed E-state index contributed by atoms with van der Waals surface area (Å²) >= 11 is 0. The highest BCUT2D eigenvalue weighted by molar-refractivity contribution is 5.87. The lowest BCUT2D eigenvalue weighted by Crippen LogP contribution is -2.36. The molecule has 0 bridgehead atoms. The fourth-order valence-corrected chi connectivity index (χ4v) is 4.33. The molecule has 4 aromatic rings. The lowest BCUT2D eigenvalue weighted by atomic mass is 10.2. The smallest absolute Gasteiger partial charge is 0.455 e. The van der Waals surface area contributed by atoms with Gasteiger partial charge in [-0.25, -0.2) is 9.97 Å². The SMILES string of the molecule is CC(=O)Nc1cc(Oc2cnc3nc(Nc4cc(C(F)(F)C(F)(F)F)n([C@H]5CCOC5)n4)n(C)c3c2C)ccn1. The van der Waals surface area contributed by atoms with E-state index in [1.165, 1.54) is 25.4 Å². The lowest BCUT2D eigenvalue weighted by Gasteiger charge is -2.22. The predicted molar refractivity (Wildman–Crippen MR) is 132 cm³/mol. The number of hydrogen-bond donors (Lipinski definition) is 2. The number of pyridine rings is 2. The number of fused-ring (bicyclic) bond motifs is 1. The summed E-state index contributed by atoms with van der Waals surface area (Å²) < 4.78 is 81.9. The summed E-state index contributed by atoms with van der Waals surface area (Å²) in [5, 5.41) is 9.31. The second-order valence-corrected chi connectivity index (χ2v) is 9.15. The standard InChI is InChI=1S/C24H23F5N8O3/c1-12-16(40-15-4-6-30-18(8-15)32-13(2)38)10-31-21-20(12)36(3)22(34-21)33-19-9-17(23(25,26)24(27,28)29)37(35-19)14-5-7-39-11-14/h4,6,8-10,14H,5,7,11H2,1-3H3,(H,30,32,38)(H,31,33,34,35)/t14-/m0/s1. The number of nitrogens with zero attached hydrogens (tertiary/aromatic N) is 6. The van der Waals surface area contributed by atoms with Gasteiger partial charge in [-0.05, 0) is 19.4 Å². The molecule has 5 heterocycles. The van der Waals surface area contributed by atoms with Crippen LogP contribution in [0.4, 0.5) is 39.5 Å². The molecule has 0 saturated carbocycles. The maximum atomic E-state index is 14.4. The summed E-state index contributed by atoms with van der Waals surface area (Å²) in [7, 11) is 1.62. The summed E-state index contributed by atoms with van der Waals surface area (Å²) in [5.41, 5.74) is 0.107. The molecule has 4 aromatic heterocycles. The molecule has 40 heavy (non-hydrogen) atoms. The minimum Gasteiger partial charge on any atom is -0.455 e. The van der Waals surface area contributed by atoms with Gasteiger partial charge >= 0.3 is 12.1 Å². The molecule has 0 radical (unpaired) electrons. The van der Waals surface area contributed by atoms with Gasteiger partial charge in [0.15, 0.2) is 17.2 Å². The third-order valence-electron chi connectivity index (χ3n) is 6.27. The minimum absolute atomic E-state index is 0.0377. The summed E-state index contributed by atoms with van der Waals surface area (Å²) in [6.45, 7) is 3.28. The highest BCUT2D eigenvalue weighted by atomic mass is 19.4. The molecule has 1 amide bonds. The predicted octanol–water partition coefficient (Wildman–Crippen LogP) is 4.98. The Hall–Kier alpha value is -4.34. The molecule has 2 N–H and O–H groups in total. The number of imidazole rings is 1. The van der Waals surface area contributed by atoms with E-state index in [0.29, 0.717) is 39.1 Å². The Balaban J connectivity index is 1.47. The zero-order chi connectivity index (χ0) is 28.8. The second-order valence-electron chi connectivity index (χ2n) is 9.15. The van der Waals surface area contributed by atoms with Gasteiger partial charge in [0.1, 0.15) is 17.3 Å². The molecule has 0 spiro atoms. The van der Waals surface area contributed by atoms with E-state index in [1.807, 2.05) is 0 Å². The Kier molecular flexibility index (Phi) is 6.81. The Morgan fingerprint density at radius 3 is 2.62 bits per heavy atom. The van der Waals surface area contributed by atoms with Crippen LogP contribution in [0.3, 0.4) is 0 Å². The number of carbonyl (C=O) groups is 1. The quantitative estimate of drug-likeness (QED) is 0.301. The van der Waals surface area contributed by atoms with Crippen molar-refractivity contribution in [2.75, 3.05) is 23.8 Å². The molecule has 1 aliphatic rings. The number of alkyl halides is 5. The average molecular weight is 566 g/mol. The number of nitrogens with one attached hydrogen (secondary N) is 2. The van der Waals surface area contributed by atoms with Gasteiger partial charge in [-0.1, -0.05) is 0 Å². The maximum absolute atomic E-state index is 14.4. The molecule has 1 atom stereocenters. The van der Waals surface area contributed by atoms with Crippen LogP contribution in [0, 0.1) is 6.92 Å². The zero-order valence-electron chi connectivity index (χ0n) is 21.4. The van der Waals surface area contributed by atoms with E-state index >= 15 is 0 Å². The first-order chi connectivity index (χ1) is 18.8.